The highest BCUT2D eigenvalue weighted by Crippen LogP contribution is 2.18. The fraction of sp³-hybridized carbons (Fsp3) is 0.526. The van der Waals surface area contributed by atoms with Crippen LogP contribution in [0.4, 0.5) is 0 Å². The molecule has 0 aliphatic carbocycles. The van der Waals surface area contributed by atoms with E-state index in [0.29, 0.717) is 0 Å². The molecule has 0 bridgehead atoms. The predicted octanol–water partition coefficient (Wildman–Crippen LogP) is 5.52. The van der Waals surface area contributed by atoms with Crippen LogP contribution in [0.5, 0.6) is 0 Å². The first-order chi connectivity index (χ1) is 10.4. The molecule has 0 atom stereocenters. The summed E-state index contributed by atoms with van der Waals surface area (Å²) in [5, 5.41) is 0. The van der Waals surface area contributed by atoms with E-state index in [1.807, 2.05) is 6.08 Å². The van der Waals surface area contributed by atoms with Crippen LogP contribution in [0.15, 0.2) is 36.9 Å². The Labute approximate surface area is 128 Å². The smallest absolute Gasteiger partial charge is 0.110 e. The zero-order valence-corrected chi connectivity index (χ0v) is 13.4. The van der Waals surface area contributed by atoms with Gasteiger partial charge in [-0.25, -0.2) is 4.98 Å². The van der Waals surface area contributed by atoms with Crippen molar-refractivity contribution >= 4 is 11.0 Å². The SMILES string of the molecule is C=CCn1c(CCCCCCCCC)nc2ccccc21. The summed E-state index contributed by atoms with van der Waals surface area (Å²) in [5.74, 6) is 1.21. The molecule has 0 saturated heterocycles. The third-order valence-electron chi connectivity index (χ3n) is 4.05. The van der Waals surface area contributed by atoms with Crippen molar-refractivity contribution in [3.05, 3.63) is 42.7 Å². The Hall–Kier alpha value is -1.57. The van der Waals surface area contributed by atoms with Crippen molar-refractivity contribution in [3.63, 3.8) is 0 Å². The van der Waals surface area contributed by atoms with E-state index in [2.05, 4.69) is 42.3 Å². The van der Waals surface area contributed by atoms with Crippen LogP contribution in [-0.2, 0) is 13.0 Å². The lowest BCUT2D eigenvalue weighted by molar-refractivity contribution is 0.579. The molecule has 114 valence electrons. The first-order valence-corrected chi connectivity index (χ1v) is 8.42. The molecule has 0 N–H and O–H groups in total. The Bertz CT molecular complexity index is 554. The molecule has 1 aromatic heterocycles. The van der Waals surface area contributed by atoms with Crippen LogP contribution in [0.3, 0.4) is 0 Å². The van der Waals surface area contributed by atoms with E-state index in [0.717, 1.165) is 18.5 Å². The van der Waals surface area contributed by atoms with Crippen LogP contribution in [0.25, 0.3) is 11.0 Å². The molecule has 0 amide bonds. The van der Waals surface area contributed by atoms with Crippen molar-refractivity contribution in [3.8, 4) is 0 Å². The highest BCUT2D eigenvalue weighted by molar-refractivity contribution is 5.75. The lowest BCUT2D eigenvalue weighted by Gasteiger charge is -2.06. The third kappa shape index (κ3) is 4.45. The zero-order chi connectivity index (χ0) is 14.9. The predicted molar refractivity (Wildman–Crippen MR) is 91.6 cm³/mol. The van der Waals surface area contributed by atoms with E-state index in [1.165, 1.54) is 56.3 Å². The molecule has 0 aliphatic heterocycles. The molecular weight excluding hydrogens is 256 g/mol. The number of unbranched alkanes of at least 4 members (excludes halogenated alkanes) is 6. The van der Waals surface area contributed by atoms with Gasteiger partial charge >= 0.3 is 0 Å². The number of fused-ring (bicyclic) bond motifs is 1. The molecule has 2 nitrogen and oxygen atoms in total. The number of hydrogen-bond acceptors (Lipinski definition) is 1. The molecule has 0 saturated carbocycles. The number of allylic oxidation sites excluding steroid dienone is 1. The Balaban J connectivity index is 1.89. The summed E-state index contributed by atoms with van der Waals surface area (Å²) >= 11 is 0. The van der Waals surface area contributed by atoms with Gasteiger partial charge in [-0.1, -0.05) is 63.7 Å². The summed E-state index contributed by atoms with van der Waals surface area (Å²) in [5.41, 5.74) is 2.34. The van der Waals surface area contributed by atoms with Gasteiger partial charge in [-0.15, -0.1) is 6.58 Å². The summed E-state index contributed by atoms with van der Waals surface area (Å²) < 4.78 is 2.30. The first-order valence-electron chi connectivity index (χ1n) is 8.42. The summed E-state index contributed by atoms with van der Waals surface area (Å²) in [6.45, 7) is 6.99. The molecular formula is C19H28N2. The van der Waals surface area contributed by atoms with Gasteiger partial charge in [0.25, 0.3) is 0 Å². The lowest BCUT2D eigenvalue weighted by atomic mass is 10.1. The van der Waals surface area contributed by atoms with Crippen LogP contribution >= 0.6 is 0 Å². The second kappa shape index (κ2) is 8.66. The number of aryl methyl sites for hydroxylation is 1. The summed E-state index contributed by atoms with van der Waals surface area (Å²) in [7, 11) is 0. The van der Waals surface area contributed by atoms with Gasteiger partial charge in [-0.3, -0.25) is 0 Å². The summed E-state index contributed by atoms with van der Waals surface area (Å²) in [4.78, 5) is 4.79. The minimum atomic E-state index is 0.854. The monoisotopic (exact) mass is 284 g/mol. The highest BCUT2D eigenvalue weighted by atomic mass is 15.1. The number of aromatic nitrogens is 2. The van der Waals surface area contributed by atoms with Crippen molar-refractivity contribution in [2.45, 2.75) is 64.8 Å². The first kappa shape index (κ1) is 15.8. The maximum Gasteiger partial charge on any atom is 0.110 e. The van der Waals surface area contributed by atoms with Crippen molar-refractivity contribution in [1.82, 2.24) is 9.55 Å². The summed E-state index contributed by atoms with van der Waals surface area (Å²) in [6, 6.07) is 8.40. The number of hydrogen-bond donors (Lipinski definition) is 0. The molecule has 1 heterocycles. The number of para-hydroxylation sites is 2. The maximum atomic E-state index is 4.79. The van der Waals surface area contributed by atoms with Crippen molar-refractivity contribution in [2.24, 2.45) is 0 Å². The van der Waals surface area contributed by atoms with Gasteiger partial charge in [0, 0.05) is 13.0 Å². The van der Waals surface area contributed by atoms with Gasteiger partial charge < -0.3 is 4.57 Å². The van der Waals surface area contributed by atoms with Gasteiger partial charge in [-0.2, -0.15) is 0 Å². The molecule has 0 unspecified atom stereocenters. The molecule has 0 fully saturated rings. The van der Waals surface area contributed by atoms with Crippen LogP contribution < -0.4 is 0 Å². The Kier molecular flexibility index (Phi) is 6.52. The lowest BCUT2D eigenvalue weighted by Crippen LogP contribution is -2.02. The van der Waals surface area contributed by atoms with Crippen molar-refractivity contribution < 1.29 is 0 Å². The number of rotatable bonds is 10. The van der Waals surface area contributed by atoms with E-state index in [9.17, 15) is 0 Å². The van der Waals surface area contributed by atoms with E-state index in [1.54, 1.807) is 0 Å². The second-order valence-electron chi connectivity index (χ2n) is 5.79. The summed E-state index contributed by atoms with van der Waals surface area (Å²) in [6.07, 6.45) is 12.5. The Morgan fingerprint density at radius 2 is 1.76 bits per heavy atom. The van der Waals surface area contributed by atoms with E-state index >= 15 is 0 Å². The van der Waals surface area contributed by atoms with Crippen molar-refractivity contribution in [2.75, 3.05) is 0 Å². The second-order valence-corrected chi connectivity index (χ2v) is 5.79. The quantitative estimate of drug-likeness (QED) is 0.415. The van der Waals surface area contributed by atoms with E-state index in [-0.39, 0.29) is 0 Å². The zero-order valence-electron chi connectivity index (χ0n) is 13.4. The van der Waals surface area contributed by atoms with Gasteiger partial charge in [0.1, 0.15) is 5.82 Å². The normalized spacial score (nSPS) is 11.1. The number of imidazole rings is 1. The van der Waals surface area contributed by atoms with Gasteiger partial charge in [0.05, 0.1) is 11.0 Å². The van der Waals surface area contributed by atoms with Crippen LogP contribution in [0.2, 0.25) is 0 Å². The number of benzene rings is 1. The fourth-order valence-electron chi connectivity index (χ4n) is 2.89. The average Bonchev–Trinajstić information content (AvgIpc) is 2.85. The van der Waals surface area contributed by atoms with E-state index < -0.39 is 0 Å². The minimum absolute atomic E-state index is 0.854. The topological polar surface area (TPSA) is 17.8 Å². The molecule has 1 aromatic carbocycles. The van der Waals surface area contributed by atoms with Gasteiger partial charge in [-0.05, 0) is 18.6 Å². The molecule has 2 rings (SSSR count). The molecule has 0 aliphatic rings. The van der Waals surface area contributed by atoms with E-state index in [4.69, 9.17) is 4.98 Å². The Morgan fingerprint density at radius 3 is 2.52 bits per heavy atom. The van der Waals surface area contributed by atoms with Crippen molar-refractivity contribution in [1.29, 1.82) is 0 Å². The van der Waals surface area contributed by atoms with Crippen LogP contribution in [0.1, 0.15) is 57.7 Å². The highest BCUT2D eigenvalue weighted by Gasteiger charge is 2.08. The minimum Gasteiger partial charge on any atom is -0.324 e. The number of nitrogens with zero attached hydrogens (tertiary/aromatic N) is 2. The fourth-order valence-corrected chi connectivity index (χ4v) is 2.89. The molecule has 0 spiro atoms. The standard InChI is InChI=1S/C19H28N2/c1-3-5-6-7-8-9-10-15-19-20-17-13-11-12-14-18(17)21(19)16-4-2/h4,11-14H,2-3,5-10,15-16H2,1H3. The van der Waals surface area contributed by atoms with Gasteiger partial charge in [0.15, 0.2) is 0 Å². The maximum absolute atomic E-state index is 4.79. The molecule has 21 heavy (non-hydrogen) atoms. The largest absolute Gasteiger partial charge is 0.324 e. The van der Waals surface area contributed by atoms with Crippen LogP contribution in [-0.4, -0.2) is 9.55 Å². The molecule has 2 aromatic rings. The average molecular weight is 284 g/mol. The van der Waals surface area contributed by atoms with Gasteiger partial charge in [0.2, 0.25) is 0 Å². The molecule has 0 radical (unpaired) electrons. The van der Waals surface area contributed by atoms with Crippen LogP contribution in [0, 0.1) is 0 Å². The Morgan fingerprint density at radius 1 is 1.05 bits per heavy atom. The molecule has 2 heteroatoms. The third-order valence-corrected chi connectivity index (χ3v) is 4.05.